The van der Waals surface area contributed by atoms with Crippen molar-refractivity contribution in [1.82, 2.24) is 14.8 Å². The van der Waals surface area contributed by atoms with Gasteiger partial charge in [0.25, 0.3) is 0 Å². The fraction of sp³-hybridized carbons (Fsp3) is 0.450. The van der Waals surface area contributed by atoms with E-state index >= 15 is 0 Å². The Hall–Kier alpha value is -2.63. The summed E-state index contributed by atoms with van der Waals surface area (Å²) >= 11 is 0. The van der Waals surface area contributed by atoms with Gasteiger partial charge in [-0.2, -0.15) is 0 Å². The molecule has 6 heteroatoms. The molecule has 1 aliphatic rings. The standard InChI is InChI=1S/C20H25N3O3/c1-14-6-8-15(9-7-14)17-13-21-18(26-17)10-11-19(24)23-12-4-5-16(23)20(25)22(2)3/h6-9,13,16H,4-5,10-12H2,1-3H3. The number of benzene rings is 1. The lowest BCUT2D eigenvalue weighted by molar-refractivity contribution is -0.142. The van der Waals surface area contributed by atoms with Gasteiger partial charge < -0.3 is 14.2 Å². The third-order valence-electron chi connectivity index (χ3n) is 4.74. The van der Waals surface area contributed by atoms with Gasteiger partial charge in [-0.15, -0.1) is 0 Å². The predicted octanol–water partition coefficient (Wildman–Crippen LogP) is 2.66. The van der Waals surface area contributed by atoms with Crippen LogP contribution in [0.1, 0.15) is 30.7 Å². The molecule has 26 heavy (non-hydrogen) atoms. The molecular formula is C20H25N3O3. The molecule has 2 heterocycles. The molecule has 3 rings (SSSR count). The zero-order valence-electron chi connectivity index (χ0n) is 15.6. The lowest BCUT2D eigenvalue weighted by Crippen LogP contribution is -2.45. The number of likely N-dealkylation sites (tertiary alicyclic amines) is 1. The lowest BCUT2D eigenvalue weighted by Gasteiger charge is -2.26. The first-order valence-corrected chi connectivity index (χ1v) is 8.98. The molecule has 1 atom stereocenters. The molecule has 1 saturated heterocycles. The first-order valence-electron chi connectivity index (χ1n) is 8.98. The van der Waals surface area contributed by atoms with Crippen molar-refractivity contribution in [3.63, 3.8) is 0 Å². The maximum Gasteiger partial charge on any atom is 0.244 e. The number of hydrogen-bond donors (Lipinski definition) is 0. The van der Waals surface area contributed by atoms with Crippen molar-refractivity contribution in [3.8, 4) is 11.3 Å². The van der Waals surface area contributed by atoms with Crippen LogP contribution < -0.4 is 0 Å². The minimum Gasteiger partial charge on any atom is -0.441 e. The zero-order chi connectivity index (χ0) is 18.7. The maximum atomic E-state index is 12.6. The lowest BCUT2D eigenvalue weighted by atomic mass is 10.1. The Kier molecular flexibility index (Phi) is 5.40. The van der Waals surface area contributed by atoms with Gasteiger partial charge in [-0.05, 0) is 19.8 Å². The molecule has 1 fully saturated rings. The SMILES string of the molecule is Cc1ccc(-c2cnc(CCC(=O)N3CCCC3C(=O)N(C)C)o2)cc1. The van der Waals surface area contributed by atoms with E-state index in [9.17, 15) is 9.59 Å². The van der Waals surface area contributed by atoms with Crippen molar-refractivity contribution >= 4 is 11.8 Å². The average Bonchev–Trinajstić information content (AvgIpc) is 3.29. The summed E-state index contributed by atoms with van der Waals surface area (Å²) in [5, 5.41) is 0. The molecule has 0 N–H and O–H groups in total. The Labute approximate surface area is 153 Å². The fourth-order valence-electron chi connectivity index (χ4n) is 3.25. The van der Waals surface area contributed by atoms with Crippen LogP contribution in [0.15, 0.2) is 34.9 Å². The van der Waals surface area contributed by atoms with Crippen molar-refractivity contribution in [2.45, 2.75) is 38.6 Å². The summed E-state index contributed by atoms with van der Waals surface area (Å²) in [5.74, 6) is 1.23. The molecule has 1 aromatic carbocycles. The Morgan fingerprint density at radius 1 is 1.27 bits per heavy atom. The highest BCUT2D eigenvalue weighted by atomic mass is 16.4. The van der Waals surface area contributed by atoms with Crippen LogP contribution in [0.4, 0.5) is 0 Å². The van der Waals surface area contributed by atoms with Gasteiger partial charge in [0, 0.05) is 39.0 Å². The van der Waals surface area contributed by atoms with Gasteiger partial charge in [-0.1, -0.05) is 29.8 Å². The van der Waals surface area contributed by atoms with E-state index in [4.69, 9.17) is 4.42 Å². The Balaban J connectivity index is 1.59. The van der Waals surface area contributed by atoms with E-state index in [1.165, 1.54) is 5.56 Å². The van der Waals surface area contributed by atoms with Gasteiger partial charge in [-0.3, -0.25) is 9.59 Å². The quantitative estimate of drug-likeness (QED) is 0.827. The third-order valence-corrected chi connectivity index (χ3v) is 4.74. The van der Waals surface area contributed by atoms with Crippen LogP contribution in [-0.2, 0) is 16.0 Å². The van der Waals surface area contributed by atoms with Crippen LogP contribution >= 0.6 is 0 Å². The van der Waals surface area contributed by atoms with E-state index in [2.05, 4.69) is 4.98 Å². The van der Waals surface area contributed by atoms with Crippen LogP contribution in [0.2, 0.25) is 0 Å². The number of likely N-dealkylation sites (N-methyl/N-ethyl adjacent to an activating group) is 1. The molecule has 0 bridgehead atoms. The minimum atomic E-state index is -0.329. The van der Waals surface area contributed by atoms with E-state index in [1.807, 2.05) is 31.2 Å². The molecule has 1 unspecified atom stereocenters. The van der Waals surface area contributed by atoms with Gasteiger partial charge in [0.15, 0.2) is 11.7 Å². The maximum absolute atomic E-state index is 12.6. The second-order valence-electron chi connectivity index (χ2n) is 6.96. The average molecular weight is 355 g/mol. The summed E-state index contributed by atoms with van der Waals surface area (Å²) in [7, 11) is 3.45. The molecule has 1 aromatic heterocycles. The van der Waals surface area contributed by atoms with Crippen LogP contribution in [0, 0.1) is 6.92 Å². The van der Waals surface area contributed by atoms with E-state index in [1.54, 1.807) is 30.1 Å². The number of carbonyl (C=O) groups is 2. The number of amides is 2. The highest BCUT2D eigenvalue weighted by Crippen LogP contribution is 2.23. The normalized spacial score (nSPS) is 16.7. The Morgan fingerprint density at radius 2 is 2.00 bits per heavy atom. The van der Waals surface area contributed by atoms with Crippen molar-refractivity contribution in [3.05, 3.63) is 41.9 Å². The topological polar surface area (TPSA) is 66.7 Å². The van der Waals surface area contributed by atoms with E-state index in [0.717, 1.165) is 18.4 Å². The number of nitrogens with zero attached hydrogens (tertiary/aromatic N) is 3. The van der Waals surface area contributed by atoms with Crippen LogP contribution in [0.25, 0.3) is 11.3 Å². The first-order chi connectivity index (χ1) is 12.5. The molecule has 138 valence electrons. The number of aryl methyl sites for hydroxylation is 2. The van der Waals surface area contributed by atoms with Crippen LogP contribution in [-0.4, -0.2) is 53.3 Å². The Bertz CT molecular complexity index is 780. The fourth-order valence-corrected chi connectivity index (χ4v) is 3.25. The van der Waals surface area contributed by atoms with Crippen LogP contribution in [0.3, 0.4) is 0 Å². The summed E-state index contributed by atoms with van der Waals surface area (Å²) < 4.78 is 5.78. The first kappa shape index (κ1) is 18.2. The molecule has 2 amide bonds. The van der Waals surface area contributed by atoms with Crippen LogP contribution in [0.5, 0.6) is 0 Å². The number of aromatic nitrogens is 1. The highest BCUT2D eigenvalue weighted by molar-refractivity contribution is 5.88. The largest absolute Gasteiger partial charge is 0.441 e. The third kappa shape index (κ3) is 3.95. The number of carbonyl (C=O) groups excluding carboxylic acids is 2. The number of oxazole rings is 1. The highest BCUT2D eigenvalue weighted by Gasteiger charge is 2.34. The smallest absolute Gasteiger partial charge is 0.244 e. The monoisotopic (exact) mass is 355 g/mol. The van der Waals surface area contributed by atoms with Gasteiger partial charge in [0.1, 0.15) is 6.04 Å². The molecule has 0 aliphatic carbocycles. The van der Waals surface area contributed by atoms with E-state index in [-0.39, 0.29) is 17.9 Å². The van der Waals surface area contributed by atoms with Crippen molar-refractivity contribution in [2.24, 2.45) is 0 Å². The molecular weight excluding hydrogens is 330 g/mol. The summed E-state index contributed by atoms with van der Waals surface area (Å²) in [4.78, 5) is 32.3. The molecule has 6 nitrogen and oxygen atoms in total. The second-order valence-corrected chi connectivity index (χ2v) is 6.96. The number of hydrogen-bond acceptors (Lipinski definition) is 4. The molecule has 0 saturated carbocycles. The van der Waals surface area contributed by atoms with E-state index < -0.39 is 0 Å². The Morgan fingerprint density at radius 3 is 2.69 bits per heavy atom. The summed E-state index contributed by atoms with van der Waals surface area (Å²) in [6.07, 6.45) is 4.03. The van der Waals surface area contributed by atoms with Gasteiger partial charge in [0.05, 0.1) is 6.20 Å². The van der Waals surface area contributed by atoms with Gasteiger partial charge in [-0.25, -0.2) is 4.98 Å². The van der Waals surface area contributed by atoms with Crippen molar-refractivity contribution < 1.29 is 14.0 Å². The summed E-state index contributed by atoms with van der Waals surface area (Å²) in [5.41, 5.74) is 2.16. The van der Waals surface area contributed by atoms with Gasteiger partial charge in [0.2, 0.25) is 11.8 Å². The van der Waals surface area contributed by atoms with Crippen molar-refractivity contribution in [1.29, 1.82) is 0 Å². The van der Waals surface area contributed by atoms with E-state index in [0.29, 0.717) is 31.0 Å². The summed E-state index contributed by atoms with van der Waals surface area (Å²) in [6.45, 7) is 2.68. The molecule has 2 aromatic rings. The van der Waals surface area contributed by atoms with Crippen molar-refractivity contribution in [2.75, 3.05) is 20.6 Å². The number of rotatable bonds is 5. The predicted molar refractivity (Wildman–Crippen MR) is 98.4 cm³/mol. The summed E-state index contributed by atoms with van der Waals surface area (Å²) in [6, 6.07) is 7.70. The molecule has 0 radical (unpaired) electrons. The zero-order valence-corrected chi connectivity index (χ0v) is 15.6. The minimum absolute atomic E-state index is 0.00590. The van der Waals surface area contributed by atoms with Gasteiger partial charge >= 0.3 is 0 Å². The molecule has 1 aliphatic heterocycles. The molecule has 0 spiro atoms. The second kappa shape index (κ2) is 7.72.